The monoisotopic (exact) mass is 356 g/mol. The molecule has 1 aliphatic carbocycles. The van der Waals surface area contributed by atoms with Crippen molar-refractivity contribution in [3.8, 4) is 0 Å². The average molecular weight is 356 g/mol. The number of nitrogens with zero attached hydrogens (tertiary/aromatic N) is 2. The molecule has 2 heterocycles. The van der Waals surface area contributed by atoms with Crippen LogP contribution in [-0.2, 0) is 0 Å². The van der Waals surface area contributed by atoms with Crippen LogP contribution in [0.4, 0.5) is 4.79 Å². The highest BCUT2D eigenvalue weighted by Crippen LogP contribution is 2.64. The minimum Gasteiger partial charge on any atom is -0.465 e. The number of fused-ring (bicyclic) bond motifs is 2. The molecule has 1 aromatic rings. The molecule has 1 saturated heterocycles. The van der Waals surface area contributed by atoms with Crippen LogP contribution in [0.15, 0.2) is 24.3 Å². The fourth-order valence-corrected chi connectivity index (χ4v) is 5.20. The Morgan fingerprint density at radius 1 is 1.15 bits per heavy atom. The molecule has 0 unspecified atom stereocenters. The van der Waals surface area contributed by atoms with Crippen LogP contribution in [0.25, 0.3) is 0 Å². The molecule has 3 aliphatic rings. The van der Waals surface area contributed by atoms with E-state index < -0.39 is 6.09 Å². The molecule has 0 bridgehead atoms. The van der Waals surface area contributed by atoms with Gasteiger partial charge in [0.25, 0.3) is 11.8 Å². The van der Waals surface area contributed by atoms with Gasteiger partial charge in [-0.15, -0.1) is 0 Å². The van der Waals surface area contributed by atoms with Crippen LogP contribution in [-0.4, -0.2) is 50.9 Å². The summed E-state index contributed by atoms with van der Waals surface area (Å²) in [6.07, 6.45) is 1.53. The molecule has 0 spiro atoms. The van der Waals surface area contributed by atoms with Crippen molar-refractivity contribution >= 4 is 17.9 Å². The van der Waals surface area contributed by atoms with E-state index in [0.29, 0.717) is 23.5 Å². The average Bonchev–Trinajstić information content (AvgIpc) is 3.28. The van der Waals surface area contributed by atoms with E-state index in [1.165, 1.54) is 4.90 Å². The fourth-order valence-electron chi connectivity index (χ4n) is 5.20. The highest BCUT2D eigenvalue weighted by molar-refractivity contribution is 6.21. The normalized spacial score (nSPS) is 30.3. The van der Waals surface area contributed by atoms with Crippen molar-refractivity contribution in [1.29, 1.82) is 0 Å². The van der Waals surface area contributed by atoms with Gasteiger partial charge in [-0.1, -0.05) is 32.9 Å². The third kappa shape index (κ3) is 2.14. The van der Waals surface area contributed by atoms with E-state index in [2.05, 4.69) is 20.8 Å². The van der Waals surface area contributed by atoms with Gasteiger partial charge >= 0.3 is 6.09 Å². The molecule has 1 N–H and O–H groups in total. The van der Waals surface area contributed by atoms with Crippen molar-refractivity contribution in [3.05, 3.63) is 35.4 Å². The zero-order valence-corrected chi connectivity index (χ0v) is 15.4. The number of carboxylic acid groups (broad SMARTS) is 1. The Bertz CT molecular complexity index is 777. The molecule has 4 rings (SSSR count). The summed E-state index contributed by atoms with van der Waals surface area (Å²) in [7, 11) is 0. The SMILES string of the molecule is CC(C)(C)[C@@]12C[C@@H]1CC[C@@H](CN1C(=O)c3ccccc3C1=O)N2C(=O)O. The van der Waals surface area contributed by atoms with Gasteiger partial charge in [-0.3, -0.25) is 19.4 Å². The summed E-state index contributed by atoms with van der Waals surface area (Å²) in [5.41, 5.74) is 0.243. The minimum absolute atomic E-state index is 0.128. The number of likely N-dealkylation sites (tertiary alicyclic amines) is 1. The van der Waals surface area contributed by atoms with Crippen molar-refractivity contribution in [2.45, 2.75) is 51.6 Å². The number of piperidine rings is 1. The van der Waals surface area contributed by atoms with Crippen LogP contribution in [0.5, 0.6) is 0 Å². The van der Waals surface area contributed by atoms with Crippen molar-refractivity contribution < 1.29 is 19.5 Å². The lowest BCUT2D eigenvalue weighted by molar-refractivity contribution is 0.000310. The van der Waals surface area contributed by atoms with E-state index in [1.54, 1.807) is 29.2 Å². The standard InChI is InChI=1S/C20H24N2O4/c1-19(2,3)20-10-12(20)8-9-13(22(20)18(25)26)11-21-16(23)14-6-4-5-7-15(14)17(21)24/h4-7,12-13H,8-11H2,1-3H3,(H,25,26)/t12-,13-,20+/m0/s1. The second-order valence-corrected chi connectivity index (χ2v) is 8.73. The minimum atomic E-state index is -0.955. The Morgan fingerprint density at radius 3 is 2.23 bits per heavy atom. The Hall–Kier alpha value is -2.37. The van der Waals surface area contributed by atoms with Crippen LogP contribution in [0.1, 0.15) is 60.7 Å². The maximum atomic E-state index is 12.7. The number of rotatable bonds is 2. The number of amides is 3. The molecule has 6 nitrogen and oxygen atoms in total. The number of hydrogen-bond donors (Lipinski definition) is 1. The van der Waals surface area contributed by atoms with Gasteiger partial charge in [0, 0.05) is 6.54 Å². The third-order valence-electron chi connectivity index (χ3n) is 6.49. The van der Waals surface area contributed by atoms with Crippen LogP contribution in [0.3, 0.4) is 0 Å². The molecular formula is C20H24N2O4. The summed E-state index contributed by atoms with van der Waals surface area (Å²) < 4.78 is 0. The summed E-state index contributed by atoms with van der Waals surface area (Å²) in [6, 6.07) is 6.42. The first-order valence-electron chi connectivity index (χ1n) is 9.16. The van der Waals surface area contributed by atoms with E-state index in [9.17, 15) is 19.5 Å². The van der Waals surface area contributed by atoms with E-state index >= 15 is 0 Å². The van der Waals surface area contributed by atoms with Gasteiger partial charge in [-0.2, -0.15) is 0 Å². The second-order valence-electron chi connectivity index (χ2n) is 8.73. The summed E-state index contributed by atoms with van der Waals surface area (Å²) in [6.45, 7) is 6.36. The lowest BCUT2D eigenvalue weighted by Crippen LogP contribution is -2.60. The van der Waals surface area contributed by atoms with Crippen LogP contribution in [0.2, 0.25) is 0 Å². The number of carbonyl (C=O) groups excluding carboxylic acids is 2. The summed E-state index contributed by atoms with van der Waals surface area (Å²) in [5.74, 6) is -0.269. The Kier molecular flexibility index (Phi) is 3.49. The molecule has 1 saturated carbocycles. The predicted molar refractivity (Wildman–Crippen MR) is 95.0 cm³/mol. The van der Waals surface area contributed by atoms with E-state index in [1.807, 2.05) is 0 Å². The molecule has 6 heteroatoms. The highest BCUT2D eigenvalue weighted by atomic mass is 16.4. The molecule has 0 aromatic heterocycles. The van der Waals surface area contributed by atoms with Gasteiger partial charge in [0.15, 0.2) is 0 Å². The van der Waals surface area contributed by atoms with Gasteiger partial charge in [-0.25, -0.2) is 4.79 Å². The Balaban J connectivity index is 1.64. The molecule has 26 heavy (non-hydrogen) atoms. The molecule has 3 amide bonds. The Labute approximate surface area is 152 Å². The van der Waals surface area contributed by atoms with E-state index in [0.717, 1.165) is 12.8 Å². The highest BCUT2D eigenvalue weighted by Gasteiger charge is 2.69. The van der Waals surface area contributed by atoms with E-state index in [4.69, 9.17) is 0 Å². The molecule has 138 valence electrons. The molecule has 0 radical (unpaired) electrons. The van der Waals surface area contributed by atoms with E-state index in [-0.39, 0.29) is 35.4 Å². The molecule has 2 fully saturated rings. The van der Waals surface area contributed by atoms with Gasteiger partial charge in [0.05, 0.1) is 22.7 Å². The number of benzene rings is 1. The first-order valence-corrected chi connectivity index (χ1v) is 9.16. The van der Waals surface area contributed by atoms with Gasteiger partial charge in [-0.05, 0) is 42.7 Å². The first-order chi connectivity index (χ1) is 12.2. The molecule has 1 aromatic carbocycles. The van der Waals surface area contributed by atoms with Crippen molar-refractivity contribution in [3.63, 3.8) is 0 Å². The van der Waals surface area contributed by atoms with Gasteiger partial charge in [0.1, 0.15) is 0 Å². The first kappa shape index (κ1) is 17.1. The molecular weight excluding hydrogens is 332 g/mol. The van der Waals surface area contributed by atoms with Crippen molar-refractivity contribution in [2.24, 2.45) is 11.3 Å². The van der Waals surface area contributed by atoms with Gasteiger partial charge < -0.3 is 5.11 Å². The Morgan fingerprint density at radius 2 is 1.73 bits per heavy atom. The van der Waals surface area contributed by atoms with Gasteiger partial charge in [0.2, 0.25) is 0 Å². The number of hydrogen-bond acceptors (Lipinski definition) is 3. The zero-order chi connectivity index (χ0) is 18.9. The zero-order valence-electron chi connectivity index (χ0n) is 15.4. The van der Waals surface area contributed by atoms with Crippen LogP contribution >= 0.6 is 0 Å². The summed E-state index contributed by atoms with van der Waals surface area (Å²) >= 11 is 0. The maximum Gasteiger partial charge on any atom is 0.408 e. The lowest BCUT2D eigenvalue weighted by atomic mass is 9.77. The topological polar surface area (TPSA) is 77.9 Å². The predicted octanol–water partition coefficient (Wildman–Crippen LogP) is 3.23. The number of imide groups is 1. The smallest absolute Gasteiger partial charge is 0.408 e. The fraction of sp³-hybridized carbons (Fsp3) is 0.550. The van der Waals surface area contributed by atoms with Crippen molar-refractivity contribution in [1.82, 2.24) is 9.80 Å². The summed E-state index contributed by atoms with van der Waals surface area (Å²) in [5, 5.41) is 9.95. The molecule has 3 atom stereocenters. The lowest BCUT2D eigenvalue weighted by Gasteiger charge is -2.48. The second kappa shape index (κ2) is 5.32. The third-order valence-corrected chi connectivity index (χ3v) is 6.49. The summed E-state index contributed by atoms with van der Waals surface area (Å²) in [4.78, 5) is 40.3. The van der Waals surface area contributed by atoms with Crippen LogP contribution in [0, 0.1) is 11.3 Å². The van der Waals surface area contributed by atoms with Crippen LogP contribution < -0.4 is 0 Å². The largest absolute Gasteiger partial charge is 0.465 e. The molecule has 2 aliphatic heterocycles. The van der Waals surface area contributed by atoms with Crippen molar-refractivity contribution in [2.75, 3.05) is 6.54 Å². The maximum absolute atomic E-state index is 12.7. The number of carbonyl (C=O) groups is 3. The quantitative estimate of drug-likeness (QED) is 0.825.